The number of hydrogen-bond acceptors (Lipinski definition) is 4. The highest BCUT2D eigenvalue weighted by Gasteiger charge is 2.27. The van der Waals surface area contributed by atoms with Gasteiger partial charge < -0.3 is 19.3 Å². The SMILES string of the molecule is Cc1cccc(N2COc3c(ccc4c3OCN(c3cccc(C)c3)C4)C2)c1. The maximum absolute atomic E-state index is 6.17. The van der Waals surface area contributed by atoms with Crippen LogP contribution in [0.1, 0.15) is 22.3 Å². The Morgan fingerprint density at radius 2 is 1.11 bits per heavy atom. The van der Waals surface area contributed by atoms with Gasteiger partial charge in [-0.2, -0.15) is 0 Å². The molecule has 0 bridgehead atoms. The lowest BCUT2D eigenvalue weighted by atomic mass is 10.0. The van der Waals surface area contributed by atoms with Gasteiger partial charge in [0.05, 0.1) is 0 Å². The van der Waals surface area contributed by atoms with Crippen molar-refractivity contribution in [3.8, 4) is 11.5 Å². The first-order chi connectivity index (χ1) is 13.7. The highest BCUT2D eigenvalue weighted by Crippen LogP contribution is 2.42. The second kappa shape index (κ2) is 6.79. The van der Waals surface area contributed by atoms with E-state index >= 15 is 0 Å². The van der Waals surface area contributed by atoms with E-state index in [-0.39, 0.29) is 0 Å². The zero-order chi connectivity index (χ0) is 19.1. The van der Waals surface area contributed by atoms with Crippen LogP contribution in [0.2, 0.25) is 0 Å². The molecule has 4 nitrogen and oxygen atoms in total. The predicted molar refractivity (Wildman–Crippen MR) is 112 cm³/mol. The molecule has 2 aliphatic rings. The summed E-state index contributed by atoms with van der Waals surface area (Å²) in [6.07, 6.45) is 0. The van der Waals surface area contributed by atoms with Gasteiger partial charge in [0, 0.05) is 35.6 Å². The first kappa shape index (κ1) is 17.0. The topological polar surface area (TPSA) is 24.9 Å². The van der Waals surface area contributed by atoms with Gasteiger partial charge in [-0.1, -0.05) is 36.4 Å². The van der Waals surface area contributed by atoms with Gasteiger partial charge in [-0.25, -0.2) is 0 Å². The fourth-order valence-electron chi connectivity index (χ4n) is 3.98. The van der Waals surface area contributed by atoms with Gasteiger partial charge in [-0.15, -0.1) is 0 Å². The molecule has 3 aromatic rings. The quantitative estimate of drug-likeness (QED) is 0.631. The second-order valence-corrected chi connectivity index (χ2v) is 7.66. The van der Waals surface area contributed by atoms with Crippen molar-refractivity contribution in [1.29, 1.82) is 0 Å². The molecule has 28 heavy (non-hydrogen) atoms. The van der Waals surface area contributed by atoms with Crippen LogP contribution in [0.4, 0.5) is 11.4 Å². The maximum Gasteiger partial charge on any atom is 0.169 e. The molecular weight excluding hydrogens is 348 g/mol. The predicted octanol–water partition coefficient (Wildman–Crippen LogP) is 5.02. The summed E-state index contributed by atoms with van der Waals surface area (Å²) in [5.41, 5.74) is 7.25. The lowest BCUT2D eigenvalue weighted by molar-refractivity contribution is 0.239. The Morgan fingerprint density at radius 3 is 1.54 bits per heavy atom. The molecule has 0 unspecified atom stereocenters. The maximum atomic E-state index is 6.17. The standard InChI is InChI=1S/C24H24N2O2/c1-17-5-3-7-21(11-17)25-13-19-9-10-20-14-26(22-8-4-6-18(2)12-22)16-28-24(20)23(19)27-15-25/h3-12H,13-16H2,1-2H3. The molecular formula is C24H24N2O2. The van der Waals surface area contributed by atoms with Crippen LogP contribution in [0.5, 0.6) is 11.5 Å². The average Bonchev–Trinajstić information content (AvgIpc) is 2.73. The van der Waals surface area contributed by atoms with E-state index in [0.717, 1.165) is 24.6 Å². The zero-order valence-electron chi connectivity index (χ0n) is 16.3. The Balaban J connectivity index is 1.40. The molecule has 5 rings (SSSR count). The molecule has 0 atom stereocenters. The van der Waals surface area contributed by atoms with E-state index in [4.69, 9.17) is 9.47 Å². The summed E-state index contributed by atoms with van der Waals surface area (Å²) in [6, 6.07) is 21.4. The summed E-state index contributed by atoms with van der Waals surface area (Å²) in [5.74, 6) is 1.82. The molecule has 2 heterocycles. The van der Waals surface area contributed by atoms with Crippen LogP contribution in [-0.4, -0.2) is 13.5 Å². The molecule has 2 aliphatic heterocycles. The summed E-state index contributed by atoms with van der Waals surface area (Å²) in [4.78, 5) is 4.51. The minimum Gasteiger partial charge on any atom is -0.469 e. The Hall–Kier alpha value is -3.14. The van der Waals surface area contributed by atoms with Crippen molar-refractivity contribution in [2.24, 2.45) is 0 Å². The fraction of sp³-hybridized carbons (Fsp3) is 0.250. The molecule has 3 aromatic carbocycles. The Bertz CT molecular complexity index is 948. The molecule has 0 aliphatic carbocycles. The number of fused-ring (bicyclic) bond motifs is 3. The molecule has 0 amide bonds. The van der Waals surface area contributed by atoms with E-state index in [0.29, 0.717) is 13.5 Å². The van der Waals surface area contributed by atoms with Crippen LogP contribution in [0.25, 0.3) is 0 Å². The van der Waals surface area contributed by atoms with E-state index in [1.54, 1.807) is 0 Å². The third kappa shape index (κ3) is 3.05. The number of ether oxygens (including phenoxy) is 2. The van der Waals surface area contributed by atoms with Crippen LogP contribution in [-0.2, 0) is 13.1 Å². The van der Waals surface area contributed by atoms with E-state index in [1.165, 1.54) is 33.6 Å². The molecule has 0 spiro atoms. The minimum atomic E-state index is 0.540. The summed E-state index contributed by atoms with van der Waals surface area (Å²) in [5, 5.41) is 0. The van der Waals surface area contributed by atoms with Crippen LogP contribution < -0.4 is 19.3 Å². The summed E-state index contributed by atoms with van der Waals surface area (Å²) < 4.78 is 12.3. The van der Waals surface area contributed by atoms with E-state index in [9.17, 15) is 0 Å². The van der Waals surface area contributed by atoms with Crippen LogP contribution in [0.15, 0.2) is 60.7 Å². The number of rotatable bonds is 2. The molecule has 4 heteroatoms. The van der Waals surface area contributed by atoms with Gasteiger partial charge in [-0.05, 0) is 49.2 Å². The summed E-state index contributed by atoms with van der Waals surface area (Å²) in [7, 11) is 0. The van der Waals surface area contributed by atoms with E-state index < -0.39 is 0 Å². The van der Waals surface area contributed by atoms with Crippen LogP contribution >= 0.6 is 0 Å². The Labute approximate surface area is 165 Å². The second-order valence-electron chi connectivity index (χ2n) is 7.66. The number of nitrogens with zero attached hydrogens (tertiary/aromatic N) is 2. The first-order valence-electron chi connectivity index (χ1n) is 9.71. The Morgan fingerprint density at radius 1 is 0.643 bits per heavy atom. The van der Waals surface area contributed by atoms with E-state index in [1.807, 2.05) is 0 Å². The lowest BCUT2D eigenvalue weighted by Gasteiger charge is -2.36. The average molecular weight is 372 g/mol. The fourth-order valence-corrected chi connectivity index (χ4v) is 3.98. The van der Waals surface area contributed by atoms with Crippen molar-refractivity contribution in [3.05, 3.63) is 82.9 Å². The van der Waals surface area contributed by atoms with Gasteiger partial charge in [0.2, 0.25) is 0 Å². The summed E-state index contributed by atoms with van der Waals surface area (Å²) >= 11 is 0. The number of anilines is 2. The molecule has 0 fully saturated rings. The van der Waals surface area contributed by atoms with Crippen molar-refractivity contribution in [2.75, 3.05) is 23.3 Å². The minimum absolute atomic E-state index is 0.540. The van der Waals surface area contributed by atoms with Crippen molar-refractivity contribution in [1.82, 2.24) is 0 Å². The first-order valence-corrected chi connectivity index (χ1v) is 9.71. The normalized spacial score (nSPS) is 15.4. The van der Waals surface area contributed by atoms with Crippen molar-refractivity contribution < 1.29 is 9.47 Å². The van der Waals surface area contributed by atoms with Crippen molar-refractivity contribution in [2.45, 2.75) is 26.9 Å². The molecule has 0 radical (unpaired) electrons. The number of benzene rings is 3. The molecule has 0 aromatic heterocycles. The molecule has 0 N–H and O–H groups in total. The smallest absolute Gasteiger partial charge is 0.169 e. The van der Waals surface area contributed by atoms with Gasteiger partial charge in [0.25, 0.3) is 0 Å². The van der Waals surface area contributed by atoms with Gasteiger partial charge >= 0.3 is 0 Å². The highest BCUT2D eigenvalue weighted by molar-refractivity contribution is 5.60. The third-order valence-corrected chi connectivity index (χ3v) is 5.46. The van der Waals surface area contributed by atoms with Crippen molar-refractivity contribution >= 4 is 11.4 Å². The number of aryl methyl sites for hydroxylation is 2. The van der Waals surface area contributed by atoms with Gasteiger partial charge in [0.15, 0.2) is 25.0 Å². The lowest BCUT2D eigenvalue weighted by Crippen LogP contribution is -2.35. The van der Waals surface area contributed by atoms with Crippen LogP contribution in [0, 0.1) is 13.8 Å². The molecule has 0 saturated carbocycles. The van der Waals surface area contributed by atoms with Gasteiger partial charge in [0.1, 0.15) is 0 Å². The third-order valence-electron chi connectivity index (χ3n) is 5.46. The molecule has 142 valence electrons. The molecule has 0 saturated heterocycles. The zero-order valence-corrected chi connectivity index (χ0v) is 16.3. The largest absolute Gasteiger partial charge is 0.469 e. The van der Waals surface area contributed by atoms with Crippen LogP contribution in [0.3, 0.4) is 0 Å². The van der Waals surface area contributed by atoms with Gasteiger partial charge in [-0.3, -0.25) is 0 Å². The number of hydrogen-bond donors (Lipinski definition) is 0. The van der Waals surface area contributed by atoms with E-state index in [2.05, 4.69) is 84.3 Å². The Kier molecular flexibility index (Phi) is 4.12. The summed E-state index contributed by atoms with van der Waals surface area (Å²) in [6.45, 7) is 6.97. The monoisotopic (exact) mass is 372 g/mol. The van der Waals surface area contributed by atoms with Crippen molar-refractivity contribution in [3.63, 3.8) is 0 Å². The highest BCUT2D eigenvalue weighted by atomic mass is 16.5.